The number of benzene rings is 1. The minimum atomic E-state index is 0.563. The predicted molar refractivity (Wildman–Crippen MR) is 80.8 cm³/mol. The molecule has 1 unspecified atom stereocenters. The first-order valence-corrected chi connectivity index (χ1v) is 7.20. The van der Waals surface area contributed by atoms with E-state index < -0.39 is 0 Å². The molecule has 0 amide bonds. The van der Waals surface area contributed by atoms with E-state index in [1.54, 1.807) is 6.20 Å². The molecule has 0 spiro atoms. The summed E-state index contributed by atoms with van der Waals surface area (Å²) in [7, 11) is 0. The highest BCUT2D eigenvalue weighted by Crippen LogP contribution is 2.17. The summed E-state index contributed by atoms with van der Waals surface area (Å²) in [5.41, 5.74) is 2.27. The maximum absolute atomic E-state index is 4.27. The van der Waals surface area contributed by atoms with Crippen LogP contribution in [0.2, 0.25) is 0 Å². The fourth-order valence-corrected chi connectivity index (χ4v) is 2.22. The van der Waals surface area contributed by atoms with E-state index in [1.165, 1.54) is 24.9 Å². The molecule has 0 aliphatic rings. The van der Waals surface area contributed by atoms with Crippen molar-refractivity contribution in [3.63, 3.8) is 0 Å². The Kier molecular flexibility index (Phi) is 5.01. The zero-order valence-corrected chi connectivity index (χ0v) is 11.8. The first kappa shape index (κ1) is 13.7. The SMILES string of the molecule is CCCCC(CC)Nc1cccc(-n2cccn2)c1. The van der Waals surface area contributed by atoms with Crippen LogP contribution in [0.3, 0.4) is 0 Å². The third-order valence-corrected chi connectivity index (χ3v) is 3.38. The van der Waals surface area contributed by atoms with Gasteiger partial charge in [0.1, 0.15) is 0 Å². The van der Waals surface area contributed by atoms with Crippen molar-refractivity contribution < 1.29 is 0 Å². The van der Waals surface area contributed by atoms with Gasteiger partial charge in [0.25, 0.3) is 0 Å². The van der Waals surface area contributed by atoms with Crippen LogP contribution in [0.5, 0.6) is 0 Å². The number of hydrogen-bond donors (Lipinski definition) is 1. The molecule has 1 heterocycles. The highest BCUT2D eigenvalue weighted by Gasteiger charge is 2.06. The van der Waals surface area contributed by atoms with Crippen LogP contribution in [0, 0.1) is 0 Å². The molecule has 1 aromatic carbocycles. The average molecular weight is 257 g/mol. The highest BCUT2D eigenvalue weighted by molar-refractivity contribution is 5.51. The number of nitrogens with zero attached hydrogens (tertiary/aromatic N) is 2. The summed E-state index contributed by atoms with van der Waals surface area (Å²) >= 11 is 0. The largest absolute Gasteiger partial charge is 0.382 e. The fraction of sp³-hybridized carbons (Fsp3) is 0.438. The van der Waals surface area contributed by atoms with E-state index in [2.05, 4.69) is 48.5 Å². The van der Waals surface area contributed by atoms with Crippen LogP contribution in [0.4, 0.5) is 5.69 Å². The number of hydrogen-bond acceptors (Lipinski definition) is 2. The van der Waals surface area contributed by atoms with E-state index in [1.807, 2.05) is 16.9 Å². The van der Waals surface area contributed by atoms with Gasteiger partial charge in [-0.25, -0.2) is 4.68 Å². The third kappa shape index (κ3) is 3.85. The Morgan fingerprint density at radius 2 is 2.16 bits per heavy atom. The number of rotatable bonds is 7. The van der Waals surface area contributed by atoms with Crippen LogP contribution in [0.15, 0.2) is 42.7 Å². The Hall–Kier alpha value is -1.77. The van der Waals surface area contributed by atoms with E-state index in [0.29, 0.717) is 6.04 Å². The molecular formula is C16H23N3. The van der Waals surface area contributed by atoms with Gasteiger partial charge in [-0.2, -0.15) is 5.10 Å². The first-order chi connectivity index (χ1) is 9.33. The molecule has 0 bridgehead atoms. The quantitative estimate of drug-likeness (QED) is 0.803. The van der Waals surface area contributed by atoms with Crippen LogP contribution < -0.4 is 5.32 Å². The molecule has 1 atom stereocenters. The van der Waals surface area contributed by atoms with E-state index >= 15 is 0 Å². The molecule has 3 nitrogen and oxygen atoms in total. The van der Waals surface area contributed by atoms with Crippen molar-refractivity contribution in [1.29, 1.82) is 0 Å². The molecule has 19 heavy (non-hydrogen) atoms. The zero-order valence-electron chi connectivity index (χ0n) is 11.8. The van der Waals surface area contributed by atoms with E-state index in [9.17, 15) is 0 Å². The number of anilines is 1. The summed E-state index contributed by atoms with van der Waals surface area (Å²) in [5.74, 6) is 0. The maximum atomic E-state index is 4.27. The molecule has 0 aliphatic carbocycles. The Balaban J connectivity index is 2.06. The highest BCUT2D eigenvalue weighted by atomic mass is 15.3. The number of aromatic nitrogens is 2. The van der Waals surface area contributed by atoms with Crippen molar-refractivity contribution in [3.8, 4) is 5.69 Å². The van der Waals surface area contributed by atoms with Gasteiger partial charge in [0.2, 0.25) is 0 Å². The lowest BCUT2D eigenvalue weighted by Gasteiger charge is -2.18. The van der Waals surface area contributed by atoms with Crippen LogP contribution in [0.1, 0.15) is 39.5 Å². The van der Waals surface area contributed by atoms with Crippen molar-refractivity contribution in [3.05, 3.63) is 42.7 Å². The minimum absolute atomic E-state index is 0.563. The second-order valence-corrected chi connectivity index (χ2v) is 4.89. The molecule has 0 radical (unpaired) electrons. The summed E-state index contributed by atoms with van der Waals surface area (Å²) < 4.78 is 1.89. The molecular weight excluding hydrogens is 234 g/mol. The minimum Gasteiger partial charge on any atom is -0.382 e. The Bertz CT molecular complexity index is 476. The van der Waals surface area contributed by atoms with E-state index in [4.69, 9.17) is 0 Å². The lowest BCUT2D eigenvalue weighted by atomic mass is 10.1. The fourth-order valence-electron chi connectivity index (χ4n) is 2.22. The molecule has 3 heteroatoms. The molecule has 1 N–H and O–H groups in total. The van der Waals surface area contributed by atoms with Gasteiger partial charge in [0, 0.05) is 24.1 Å². The van der Waals surface area contributed by atoms with Crippen molar-refractivity contribution in [2.45, 2.75) is 45.6 Å². The topological polar surface area (TPSA) is 29.9 Å². The second-order valence-electron chi connectivity index (χ2n) is 4.89. The van der Waals surface area contributed by atoms with Crippen molar-refractivity contribution in [2.24, 2.45) is 0 Å². The maximum Gasteiger partial charge on any atom is 0.0666 e. The van der Waals surface area contributed by atoms with Gasteiger partial charge in [-0.05, 0) is 37.1 Å². The molecule has 2 rings (SSSR count). The third-order valence-electron chi connectivity index (χ3n) is 3.38. The van der Waals surface area contributed by atoms with Gasteiger partial charge in [-0.15, -0.1) is 0 Å². The van der Waals surface area contributed by atoms with Crippen LogP contribution in [0.25, 0.3) is 5.69 Å². The van der Waals surface area contributed by atoms with Crippen molar-refractivity contribution >= 4 is 5.69 Å². The Morgan fingerprint density at radius 1 is 1.26 bits per heavy atom. The lowest BCUT2D eigenvalue weighted by Crippen LogP contribution is -2.18. The molecule has 2 aromatic rings. The van der Waals surface area contributed by atoms with Crippen LogP contribution in [-0.2, 0) is 0 Å². The van der Waals surface area contributed by atoms with Gasteiger partial charge in [0.15, 0.2) is 0 Å². The standard InChI is InChI=1S/C16H23N3/c1-3-5-8-14(4-2)18-15-9-6-10-16(13-15)19-12-7-11-17-19/h6-7,9-14,18H,3-5,8H2,1-2H3. The molecule has 0 saturated heterocycles. The monoisotopic (exact) mass is 257 g/mol. The average Bonchev–Trinajstić information content (AvgIpc) is 2.98. The molecule has 1 aromatic heterocycles. The number of nitrogens with one attached hydrogen (secondary N) is 1. The molecule has 0 aliphatic heterocycles. The summed E-state index contributed by atoms with van der Waals surface area (Å²) in [6.45, 7) is 4.48. The Labute approximate surface area is 115 Å². The normalized spacial score (nSPS) is 12.3. The lowest BCUT2D eigenvalue weighted by molar-refractivity contribution is 0.593. The van der Waals surface area contributed by atoms with Crippen molar-refractivity contribution in [2.75, 3.05) is 5.32 Å². The van der Waals surface area contributed by atoms with Crippen molar-refractivity contribution in [1.82, 2.24) is 9.78 Å². The smallest absolute Gasteiger partial charge is 0.0666 e. The van der Waals surface area contributed by atoms with E-state index in [0.717, 1.165) is 12.1 Å². The van der Waals surface area contributed by atoms with Crippen LogP contribution in [-0.4, -0.2) is 15.8 Å². The molecule has 0 saturated carbocycles. The van der Waals surface area contributed by atoms with Gasteiger partial charge < -0.3 is 5.32 Å². The summed E-state index contributed by atoms with van der Waals surface area (Å²) in [6, 6.07) is 10.9. The molecule has 0 fully saturated rings. The molecule has 102 valence electrons. The van der Waals surface area contributed by atoms with Crippen LogP contribution >= 0.6 is 0 Å². The van der Waals surface area contributed by atoms with Gasteiger partial charge >= 0.3 is 0 Å². The van der Waals surface area contributed by atoms with Gasteiger partial charge in [0.05, 0.1) is 5.69 Å². The summed E-state index contributed by atoms with van der Waals surface area (Å²) in [5, 5.41) is 7.89. The zero-order chi connectivity index (χ0) is 13.5. The van der Waals surface area contributed by atoms with Gasteiger partial charge in [-0.3, -0.25) is 0 Å². The summed E-state index contributed by atoms with van der Waals surface area (Å²) in [4.78, 5) is 0. The first-order valence-electron chi connectivity index (χ1n) is 7.20. The van der Waals surface area contributed by atoms with Gasteiger partial charge in [-0.1, -0.05) is 32.8 Å². The number of unbranched alkanes of at least 4 members (excludes halogenated alkanes) is 1. The Morgan fingerprint density at radius 3 is 2.84 bits per heavy atom. The predicted octanol–water partition coefficient (Wildman–Crippen LogP) is 4.25. The summed E-state index contributed by atoms with van der Waals surface area (Å²) in [6.07, 6.45) is 8.70. The second kappa shape index (κ2) is 6.98. The van der Waals surface area contributed by atoms with E-state index in [-0.39, 0.29) is 0 Å².